The first kappa shape index (κ1) is 27.5. The molecule has 0 bridgehead atoms. The molecule has 1 amide bonds. The van der Waals surface area contributed by atoms with Crippen molar-refractivity contribution in [2.75, 3.05) is 27.4 Å². The highest BCUT2D eigenvalue weighted by molar-refractivity contribution is 6.46. The number of benzene rings is 3. The number of hydrogen-bond donors (Lipinski definition) is 1. The number of carbonyl (C=O) groups is 2. The van der Waals surface area contributed by atoms with Gasteiger partial charge in [-0.2, -0.15) is 0 Å². The van der Waals surface area contributed by atoms with E-state index in [1.165, 1.54) is 36.8 Å². The minimum Gasteiger partial charge on any atom is -0.507 e. The Labute approximate surface area is 231 Å². The van der Waals surface area contributed by atoms with Gasteiger partial charge in [0.1, 0.15) is 18.1 Å². The smallest absolute Gasteiger partial charge is 0.295 e. The van der Waals surface area contributed by atoms with Crippen LogP contribution in [0.4, 0.5) is 0 Å². The monoisotopic (exact) mass is 555 g/mol. The van der Waals surface area contributed by atoms with E-state index < -0.39 is 17.7 Å². The number of halogens is 2. The van der Waals surface area contributed by atoms with Gasteiger partial charge in [0.05, 0.1) is 35.4 Å². The molecular formula is C29H27Cl2NO6. The maximum Gasteiger partial charge on any atom is 0.295 e. The molecule has 0 saturated carbocycles. The summed E-state index contributed by atoms with van der Waals surface area (Å²) in [6.07, 6.45) is 0. The second-order valence-corrected chi connectivity index (χ2v) is 9.62. The van der Waals surface area contributed by atoms with Gasteiger partial charge in [-0.15, -0.1) is 0 Å². The second-order valence-electron chi connectivity index (χ2n) is 8.80. The minimum absolute atomic E-state index is 0.0725. The predicted octanol–water partition coefficient (Wildman–Crippen LogP) is 5.96. The van der Waals surface area contributed by atoms with E-state index in [9.17, 15) is 14.7 Å². The van der Waals surface area contributed by atoms with E-state index >= 15 is 0 Å². The van der Waals surface area contributed by atoms with E-state index in [1.54, 1.807) is 24.3 Å². The Morgan fingerprint density at radius 2 is 1.61 bits per heavy atom. The maximum absolute atomic E-state index is 13.2. The first-order valence-electron chi connectivity index (χ1n) is 11.8. The van der Waals surface area contributed by atoms with Gasteiger partial charge in [0.2, 0.25) is 0 Å². The zero-order chi connectivity index (χ0) is 27.4. The van der Waals surface area contributed by atoms with Crippen molar-refractivity contribution in [2.45, 2.75) is 19.6 Å². The summed E-state index contributed by atoms with van der Waals surface area (Å²) in [5, 5.41) is 11.6. The lowest BCUT2D eigenvalue weighted by atomic mass is 9.95. The summed E-state index contributed by atoms with van der Waals surface area (Å²) in [6.45, 7) is 2.78. The summed E-state index contributed by atoms with van der Waals surface area (Å²) in [4.78, 5) is 27.5. The van der Waals surface area contributed by atoms with Crippen LogP contribution in [0.25, 0.3) is 5.76 Å². The quantitative estimate of drug-likeness (QED) is 0.199. The topological polar surface area (TPSA) is 85.3 Å². The van der Waals surface area contributed by atoms with Gasteiger partial charge in [0.25, 0.3) is 11.7 Å². The molecule has 1 aliphatic rings. The molecule has 1 fully saturated rings. The average molecular weight is 556 g/mol. The third-order valence-corrected chi connectivity index (χ3v) is 6.84. The molecule has 1 atom stereocenters. The number of aliphatic hydroxyl groups is 1. The van der Waals surface area contributed by atoms with E-state index in [0.29, 0.717) is 17.9 Å². The Morgan fingerprint density at radius 3 is 2.18 bits per heavy atom. The standard InChI is InChI=1S/C29H27Cl2NO6/c1-17-4-6-18(7-5-17)16-38-21-10-8-19(9-11-21)25-24(27(34)29(35)32(25)12-13-36-2)26(33)20-14-22(30)28(37-3)23(31)15-20/h4-11,14-15,25,33H,12-13,16H2,1-3H3/b26-24+. The van der Waals surface area contributed by atoms with E-state index in [-0.39, 0.29) is 45.8 Å². The van der Waals surface area contributed by atoms with E-state index in [0.717, 1.165) is 5.56 Å². The molecule has 1 N–H and O–H groups in total. The fraction of sp³-hybridized carbons (Fsp3) is 0.241. The molecule has 1 heterocycles. The highest BCUT2D eigenvalue weighted by atomic mass is 35.5. The van der Waals surface area contributed by atoms with Crippen molar-refractivity contribution >= 4 is 40.7 Å². The van der Waals surface area contributed by atoms with Crippen molar-refractivity contribution in [3.8, 4) is 11.5 Å². The Morgan fingerprint density at radius 1 is 0.974 bits per heavy atom. The van der Waals surface area contributed by atoms with Gasteiger partial charge in [-0.05, 0) is 42.3 Å². The number of carbonyl (C=O) groups excluding carboxylic acids is 2. The lowest BCUT2D eigenvalue weighted by Crippen LogP contribution is -2.32. The van der Waals surface area contributed by atoms with Crippen LogP contribution in [0.2, 0.25) is 10.0 Å². The third kappa shape index (κ3) is 5.65. The molecule has 1 aliphatic heterocycles. The first-order chi connectivity index (χ1) is 18.2. The van der Waals surface area contributed by atoms with Crippen molar-refractivity contribution in [1.29, 1.82) is 0 Å². The molecule has 38 heavy (non-hydrogen) atoms. The number of aliphatic hydroxyl groups excluding tert-OH is 1. The van der Waals surface area contributed by atoms with Crippen LogP contribution >= 0.6 is 23.2 Å². The number of ketones is 1. The highest BCUT2D eigenvalue weighted by Crippen LogP contribution is 2.42. The molecule has 7 nitrogen and oxygen atoms in total. The molecule has 198 valence electrons. The number of hydrogen-bond acceptors (Lipinski definition) is 6. The van der Waals surface area contributed by atoms with E-state index in [1.807, 2.05) is 31.2 Å². The number of amides is 1. The molecule has 4 rings (SSSR count). The van der Waals surface area contributed by atoms with E-state index in [4.69, 9.17) is 37.4 Å². The third-order valence-electron chi connectivity index (χ3n) is 6.27. The predicted molar refractivity (Wildman–Crippen MR) is 146 cm³/mol. The van der Waals surface area contributed by atoms with Crippen LogP contribution in [-0.2, 0) is 20.9 Å². The van der Waals surface area contributed by atoms with Crippen LogP contribution in [0, 0.1) is 6.92 Å². The number of methoxy groups -OCH3 is 2. The Balaban J connectivity index is 1.70. The summed E-state index contributed by atoms with van der Waals surface area (Å²) in [5.74, 6) is -1.08. The van der Waals surface area contributed by atoms with Gasteiger partial charge in [-0.25, -0.2) is 0 Å². The zero-order valence-electron chi connectivity index (χ0n) is 21.2. The maximum atomic E-state index is 13.2. The summed E-state index contributed by atoms with van der Waals surface area (Å²) < 4.78 is 16.2. The Bertz CT molecular complexity index is 1350. The molecule has 0 aromatic heterocycles. The molecule has 0 aliphatic carbocycles. The molecule has 3 aromatic carbocycles. The van der Waals surface area contributed by atoms with Gasteiger partial charge < -0.3 is 24.2 Å². The Kier molecular flexibility index (Phi) is 8.62. The summed E-state index contributed by atoms with van der Waals surface area (Å²) in [6, 6.07) is 17.1. The van der Waals surface area contributed by atoms with Gasteiger partial charge in [0.15, 0.2) is 5.75 Å². The molecule has 1 saturated heterocycles. The minimum atomic E-state index is -0.851. The van der Waals surface area contributed by atoms with Crippen LogP contribution in [0.5, 0.6) is 11.5 Å². The summed E-state index contributed by atoms with van der Waals surface area (Å²) in [7, 11) is 2.93. The second kappa shape index (κ2) is 11.9. The first-order valence-corrected chi connectivity index (χ1v) is 12.6. The lowest BCUT2D eigenvalue weighted by molar-refractivity contribution is -0.140. The molecule has 0 spiro atoms. The number of aryl methyl sites for hydroxylation is 1. The number of likely N-dealkylation sites (tertiary alicyclic amines) is 1. The zero-order valence-corrected chi connectivity index (χ0v) is 22.7. The fourth-order valence-electron chi connectivity index (χ4n) is 4.29. The lowest BCUT2D eigenvalue weighted by Gasteiger charge is -2.25. The van der Waals surface area contributed by atoms with Crippen molar-refractivity contribution in [1.82, 2.24) is 4.90 Å². The number of ether oxygens (including phenoxy) is 3. The van der Waals surface area contributed by atoms with Gasteiger partial charge in [-0.3, -0.25) is 9.59 Å². The fourth-order valence-corrected chi connectivity index (χ4v) is 4.93. The summed E-state index contributed by atoms with van der Waals surface area (Å²) in [5.41, 5.74) is 2.94. The highest BCUT2D eigenvalue weighted by Gasteiger charge is 2.46. The van der Waals surface area contributed by atoms with Crippen molar-refractivity contribution in [3.05, 3.63) is 98.5 Å². The Hall–Kier alpha value is -3.52. The van der Waals surface area contributed by atoms with Crippen LogP contribution in [0.15, 0.2) is 66.2 Å². The SMILES string of the molecule is COCCN1C(=O)C(=O)/C(=C(/O)c2cc(Cl)c(OC)c(Cl)c2)C1c1ccc(OCc2ccc(C)cc2)cc1. The molecule has 1 unspecified atom stereocenters. The van der Waals surface area contributed by atoms with Gasteiger partial charge in [-0.1, -0.05) is 65.2 Å². The number of rotatable bonds is 9. The molecule has 9 heteroatoms. The normalized spacial score (nSPS) is 16.7. The van der Waals surface area contributed by atoms with Crippen LogP contribution < -0.4 is 9.47 Å². The van der Waals surface area contributed by atoms with Crippen molar-refractivity contribution < 1.29 is 28.9 Å². The number of nitrogens with zero attached hydrogens (tertiary/aromatic N) is 1. The number of Topliss-reactive ketones (excluding diaryl/α,β-unsaturated/α-hetero) is 1. The van der Waals surface area contributed by atoms with Crippen LogP contribution in [-0.4, -0.2) is 49.1 Å². The summed E-state index contributed by atoms with van der Waals surface area (Å²) >= 11 is 12.5. The van der Waals surface area contributed by atoms with Gasteiger partial charge >= 0.3 is 0 Å². The average Bonchev–Trinajstić information content (AvgIpc) is 3.16. The van der Waals surface area contributed by atoms with Crippen LogP contribution in [0.3, 0.4) is 0 Å². The molecule has 3 aromatic rings. The molecular weight excluding hydrogens is 529 g/mol. The largest absolute Gasteiger partial charge is 0.507 e. The van der Waals surface area contributed by atoms with Crippen molar-refractivity contribution in [3.63, 3.8) is 0 Å². The molecule has 0 radical (unpaired) electrons. The van der Waals surface area contributed by atoms with Crippen LogP contribution in [0.1, 0.15) is 28.3 Å². The van der Waals surface area contributed by atoms with Crippen molar-refractivity contribution in [2.24, 2.45) is 0 Å². The van der Waals surface area contributed by atoms with E-state index in [2.05, 4.69) is 0 Å². The van der Waals surface area contributed by atoms with Gasteiger partial charge in [0, 0.05) is 19.2 Å².